The fraction of sp³-hybridized carbons (Fsp3) is 0. The second-order valence-corrected chi connectivity index (χ2v) is 13.0. The highest BCUT2D eigenvalue weighted by molar-refractivity contribution is 7.26. The molecule has 0 bridgehead atoms. The van der Waals surface area contributed by atoms with Gasteiger partial charge in [-0.3, -0.25) is 0 Å². The summed E-state index contributed by atoms with van der Waals surface area (Å²) >= 11 is 1.69. The van der Waals surface area contributed by atoms with Gasteiger partial charge in [0.1, 0.15) is 0 Å². The first kappa shape index (κ1) is 27.8. The summed E-state index contributed by atoms with van der Waals surface area (Å²) in [5.41, 5.74) is 9.53. The van der Waals surface area contributed by atoms with Crippen molar-refractivity contribution in [1.29, 1.82) is 0 Å². The first-order valence-electron chi connectivity index (χ1n) is 16.8. The Morgan fingerprint density at radius 2 is 0.816 bits per heavy atom. The largest absolute Gasteiger partial charge is 0.208 e. The average Bonchev–Trinajstić information content (AvgIpc) is 3.59. The van der Waals surface area contributed by atoms with Gasteiger partial charge in [-0.2, -0.15) is 0 Å². The monoisotopic (exact) mass is 644 g/mol. The lowest BCUT2D eigenvalue weighted by Gasteiger charge is -2.12. The van der Waals surface area contributed by atoms with Crippen molar-refractivity contribution in [2.75, 3.05) is 0 Å². The summed E-state index contributed by atoms with van der Waals surface area (Å²) in [6.45, 7) is 0. The first-order valence-corrected chi connectivity index (χ1v) is 17.1. The van der Waals surface area contributed by atoms with Crippen LogP contribution in [-0.2, 0) is 0 Å². The highest BCUT2D eigenvalue weighted by Gasteiger charge is 2.16. The number of benzene rings is 7. The summed E-state index contributed by atoms with van der Waals surface area (Å²) in [6, 6.07) is 58.9. The Morgan fingerprint density at radius 1 is 0.347 bits per heavy atom. The van der Waals surface area contributed by atoms with Gasteiger partial charge in [0.05, 0.1) is 1.37 Å². The molecule has 9 aromatic rings. The number of thiophene rings is 1. The van der Waals surface area contributed by atoms with Gasteiger partial charge in [0.25, 0.3) is 0 Å². The molecule has 4 heteroatoms. The van der Waals surface area contributed by atoms with E-state index >= 15 is 0 Å². The molecule has 0 fully saturated rings. The van der Waals surface area contributed by atoms with E-state index < -0.39 is 0 Å². The zero-order valence-electron chi connectivity index (χ0n) is 27.4. The Balaban J connectivity index is 1.16. The number of hydrogen-bond acceptors (Lipinski definition) is 4. The van der Waals surface area contributed by atoms with Gasteiger partial charge in [0.2, 0.25) is 0 Å². The molecule has 49 heavy (non-hydrogen) atoms. The topological polar surface area (TPSA) is 38.7 Å². The lowest BCUT2D eigenvalue weighted by atomic mass is 9.99. The molecule has 0 saturated heterocycles. The Labute approximate surface area is 290 Å². The normalized spacial score (nSPS) is 11.6. The fourth-order valence-electron chi connectivity index (χ4n) is 6.45. The van der Waals surface area contributed by atoms with E-state index in [4.69, 9.17) is 16.3 Å². The van der Waals surface area contributed by atoms with E-state index in [2.05, 4.69) is 140 Å². The maximum Gasteiger partial charge on any atom is 0.164 e. The van der Waals surface area contributed by atoms with Crippen LogP contribution >= 0.6 is 11.3 Å². The van der Waals surface area contributed by atoms with E-state index in [0.717, 1.165) is 54.6 Å². The van der Waals surface area contributed by atoms with Gasteiger partial charge in [-0.1, -0.05) is 170 Å². The van der Waals surface area contributed by atoms with Crippen molar-refractivity contribution in [2.24, 2.45) is 0 Å². The molecule has 0 N–H and O–H groups in total. The Bertz CT molecular complexity index is 2630. The van der Waals surface area contributed by atoms with Crippen molar-refractivity contribution in [2.45, 2.75) is 0 Å². The predicted octanol–water partition coefficient (Wildman–Crippen LogP) is 12.2. The third-order valence-electron chi connectivity index (χ3n) is 8.92. The van der Waals surface area contributed by atoms with E-state index in [0.29, 0.717) is 23.5 Å². The standard InChI is InChI=1S/C45H29N3S/c1-3-12-30(13-4-1)31-22-26-34(27-23-31)43-46-44(48-45(47-43)40-18-8-7-16-36(40)32-14-5-2-6-15-32)35-28-24-33(25-29-35)37-19-11-20-39-38-17-9-10-21-41(38)49-42(37)39/h1-29H/i21D. The van der Waals surface area contributed by atoms with E-state index in [-0.39, 0.29) is 0 Å². The van der Waals surface area contributed by atoms with Gasteiger partial charge in [-0.05, 0) is 39.4 Å². The second kappa shape index (κ2) is 12.4. The van der Waals surface area contributed by atoms with Gasteiger partial charge in [-0.25, -0.2) is 15.0 Å². The minimum atomic E-state index is 0.565. The SMILES string of the molecule is [2H]c1cccc2c1sc1c(-c3ccc(-c4nc(-c5ccc(-c6ccccc6)cc5)nc(-c5ccccc5-c5ccccc5)n4)cc3)cccc12. The van der Waals surface area contributed by atoms with Crippen LogP contribution in [0, 0.1) is 0 Å². The lowest BCUT2D eigenvalue weighted by Crippen LogP contribution is -2.01. The number of hydrogen-bond donors (Lipinski definition) is 0. The number of rotatable bonds is 6. The maximum absolute atomic E-state index is 8.46. The molecule has 2 heterocycles. The molecule has 7 aromatic carbocycles. The van der Waals surface area contributed by atoms with Crippen LogP contribution in [-0.4, -0.2) is 15.0 Å². The van der Waals surface area contributed by atoms with Crippen molar-refractivity contribution in [1.82, 2.24) is 15.0 Å². The molecular formula is C45H29N3S. The van der Waals surface area contributed by atoms with Gasteiger partial charge in [0, 0.05) is 36.9 Å². The summed E-state index contributed by atoms with van der Waals surface area (Å²) in [4.78, 5) is 15.2. The summed E-state index contributed by atoms with van der Waals surface area (Å²) in [5.74, 6) is 1.87. The van der Waals surface area contributed by atoms with Crippen molar-refractivity contribution in [3.63, 3.8) is 0 Å². The van der Waals surface area contributed by atoms with Gasteiger partial charge >= 0.3 is 0 Å². The summed E-state index contributed by atoms with van der Waals surface area (Å²) in [7, 11) is 0. The Morgan fingerprint density at radius 3 is 1.51 bits per heavy atom. The van der Waals surface area contributed by atoms with Crippen molar-refractivity contribution in [3.8, 4) is 67.5 Å². The molecule has 0 unspecified atom stereocenters. The molecule has 2 aromatic heterocycles. The minimum Gasteiger partial charge on any atom is -0.208 e. The summed E-state index contributed by atoms with van der Waals surface area (Å²) in [5, 5.41) is 2.32. The van der Waals surface area contributed by atoms with E-state index in [1.54, 1.807) is 11.3 Å². The van der Waals surface area contributed by atoms with Gasteiger partial charge in [0.15, 0.2) is 17.5 Å². The summed E-state index contributed by atoms with van der Waals surface area (Å²) < 4.78 is 10.7. The molecule has 0 atom stereocenters. The quantitative estimate of drug-likeness (QED) is 0.181. The lowest BCUT2D eigenvalue weighted by molar-refractivity contribution is 1.07. The first-order chi connectivity index (χ1) is 24.7. The number of fused-ring (bicyclic) bond motifs is 3. The minimum absolute atomic E-state index is 0.565. The van der Waals surface area contributed by atoms with Crippen LogP contribution in [0.15, 0.2) is 176 Å². The predicted molar refractivity (Wildman–Crippen MR) is 205 cm³/mol. The van der Waals surface area contributed by atoms with Crippen molar-refractivity contribution in [3.05, 3.63) is 176 Å². The number of nitrogens with zero attached hydrogens (tertiary/aromatic N) is 3. The third kappa shape index (κ3) is 5.48. The zero-order valence-corrected chi connectivity index (χ0v) is 27.2. The highest BCUT2D eigenvalue weighted by Crippen LogP contribution is 2.40. The second-order valence-electron chi connectivity index (χ2n) is 11.9. The van der Waals surface area contributed by atoms with Crippen LogP contribution in [0.3, 0.4) is 0 Å². The zero-order chi connectivity index (χ0) is 33.4. The third-order valence-corrected chi connectivity index (χ3v) is 10.1. The summed E-state index contributed by atoms with van der Waals surface area (Å²) in [6.07, 6.45) is 0. The van der Waals surface area contributed by atoms with Crippen molar-refractivity contribution < 1.29 is 1.37 Å². The van der Waals surface area contributed by atoms with Crippen molar-refractivity contribution >= 4 is 31.5 Å². The molecule has 3 nitrogen and oxygen atoms in total. The van der Waals surface area contributed by atoms with Crippen LogP contribution in [0.4, 0.5) is 0 Å². The molecule has 0 radical (unpaired) electrons. The van der Waals surface area contributed by atoms with Crippen LogP contribution in [0.25, 0.3) is 87.7 Å². The molecule has 0 aliphatic rings. The molecule has 0 aliphatic carbocycles. The van der Waals surface area contributed by atoms with Gasteiger partial charge in [-0.15, -0.1) is 11.3 Å². The van der Waals surface area contributed by atoms with E-state index in [1.807, 2.05) is 30.3 Å². The molecule has 0 spiro atoms. The molecule has 9 rings (SSSR count). The molecular weight excluding hydrogens is 615 g/mol. The van der Waals surface area contributed by atoms with Crippen LogP contribution in [0.5, 0.6) is 0 Å². The van der Waals surface area contributed by atoms with E-state index in [1.165, 1.54) is 15.6 Å². The Kier molecular flexibility index (Phi) is 7.06. The molecule has 0 amide bonds. The average molecular weight is 645 g/mol. The van der Waals surface area contributed by atoms with Crippen LogP contribution < -0.4 is 0 Å². The maximum atomic E-state index is 8.46. The fourth-order valence-corrected chi connectivity index (χ4v) is 7.65. The van der Waals surface area contributed by atoms with Crippen LogP contribution in [0.2, 0.25) is 0 Å². The van der Waals surface area contributed by atoms with E-state index in [9.17, 15) is 0 Å². The highest BCUT2D eigenvalue weighted by atomic mass is 32.1. The smallest absolute Gasteiger partial charge is 0.164 e. The molecule has 230 valence electrons. The van der Waals surface area contributed by atoms with Gasteiger partial charge < -0.3 is 0 Å². The van der Waals surface area contributed by atoms with Crippen LogP contribution in [0.1, 0.15) is 1.37 Å². The Hall–Kier alpha value is -6.23. The molecule has 0 saturated carbocycles. The number of aromatic nitrogens is 3. The molecule has 0 aliphatic heterocycles.